The summed E-state index contributed by atoms with van der Waals surface area (Å²) in [5.74, 6) is -0.215. The Labute approximate surface area is 174 Å². The van der Waals surface area contributed by atoms with Gasteiger partial charge in [-0.15, -0.1) is 0 Å². The van der Waals surface area contributed by atoms with Crippen molar-refractivity contribution in [2.75, 3.05) is 14.5 Å². The van der Waals surface area contributed by atoms with Gasteiger partial charge >= 0.3 is 5.97 Å². The predicted octanol–water partition coefficient (Wildman–Crippen LogP) is 3.64. The van der Waals surface area contributed by atoms with Crippen LogP contribution in [0, 0.1) is 5.41 Å². The SMILES string of the molecule is N=C(N)Nc1ccc(C(=O)OC2CCCCC2OCI)c(OCI)c1. The molecule has 0 aromatic heterocycles. The Morgan fingerprint density at radius 3 is 2.60 bits per heavy atom. The molecular weight excluding hydrogens is 552 g/mol. The van der Waals surface area contributed by atoms with E-state index < -0.39 is 5.97 Å². The molecule has 0 bridgehead atoms. The fraction of sp³-hybridized carbons (Fsp3) is 0.500. The molecule has 1 aliphatic rings. The number of benzene rings is 1. The zero-order chi connectivity index (χ0) is 18.2. The minimum Gasteiger partial charge on any atom is -0.482 e. The number of alkyl halides is 2. The van der Waals surface area contributed by atoms with E-state index in [1.165, 1.54) is 0 Å². The molecule has 7 nitrogen and oxygen atoms in total. The molecule has 2 rings (SSSR count). The second kappa shape index (κ2) is 10.4. The van der Waals surface area contributed by atoms with Crippen molar-refractivity contribution >= 4 is 62.8 Å². The summed E-state index contributed by atoms with van der Waals surface area (Å²) in [6, 6.07) is 4.92. The molecule has 0 radical (unpaired) electrons. The van der Waals surface area contributed by atoms with Crippen LogP contribution in [0.2, 0.25) is 0 Å². The first-order valence-corrected chi connectivity index (χ1v) is 10.9. The number of rotatable bonds is 7. The second-order valence-corrected chi connectivity index (χ2v) is 6.79. The molecule has 1 aromatic rings. The molecular formula is C16H21I2N3O4. The van der Waals surface area contributed by atoms with Crippen LogP contribution >= 0.6 is 45.2 Å². The minimum absolute atomic E-state index is 0.0535. The molecule has 2 atom stereocenters. The van der Waals surface area contributed by atoms with Crippen molar-refractivity contribution in [1.82, 2.24) is 0 Å². The molecule has 1 aromatic carbocycles. The van der Waals surface area contributed by atoms with E-state index in [-0.39, 0.29) is 18.2 Å². The normalized spacial score (nSPS) is 19.9. The highest BCUT2D eigenvalue weighted by molar-refractivity contribution is 14.1. The smallest absolute Gasteiger partial charge is 0.342 e. The van der Waals surface area contributed by atoms with Gasteiger partial charge in [0.1, 0.15) is 22.0 Å². The van der Waals surface area contributed by atoms with Crippen LogP contribution in [0.3, 0.4) is 0 Å². The van der Waals surface area contributed by atoms with Crippen molar-refractivity contribution in [3.8, 4) is 5.75 Å². The number of nitrogens with one attached hydrogen (secondary N) is 2. The third kappa shape index (κ3) is 6.13. The highest BCUT2D eigenvalue weighted by Crippen LogP contribution is 2.29. The van der Waals surface area contributed by atoms with Crippen LogP contribution in [0.4, 0.5) is 5.69 Å². The topological polar surface area (TPSA) is 107 Å². The summed E-state index contributed by atoms with van der Waals surface area (Å²) in [6.45, 7) is 0. The lowest BCUT2D eigenvalue weighted by Gasteiger charge is -2.30. The predicted molar refractivity (Wildman–Crippen MR) is 113 cm³/mol. The second-order valence-electron chi connectivity index (χ2n) is 5.55. The van der Waals surface area contributed by atoms with E-state index in [9.17, 15) is 4.79 Å². The summed E-state index contributed by atoms with van der Waals surface area (Å²) in [4.78, 5) is 12.6. The average molecular weight is 573 g/mol. The number of guanidine groups is 1. The van der Waals surface area contributed by atoms with E-state index in [0.717, 1.165) is 25.7 Å². The number of hydrogen-bond donors (Lipinski definition) is 3. The fourth-order valence-electron chi connectivity index (χ4n) is 2.77. The third-order valence-corrected chi connectivity index (χ3v) is 4.54. The summed E-state index contributed by atoms with van der Waals surface area (Å²) >= 11 is 4.21. The van der Waals surface area contributed by atoms with Gasteiger partial charge in [0.25, 0.3) is 0 Å². The highest BCUT2D eigenvalue weighted by Gasteiger charge is 2.30. The average Bonchev–Trinajstić information content (AvgIpc) is 2.57. The van der Waals surface area contributed by atoms with E-state index in [1.807, 2.05) is 0 Å². The fourth-order valence-corrected chi connectivity index (χ4v) is 3.57. The number of carbonyl (C=O) groups excluding carboxylic acids is 1. The van der Waals surface area contributed by atoms with Crippen molar-refractivity contribution in [3.05, 3.63) is 23.8 Å². The van der Waals surface area contributed by atoms with Crippen molar-refractivity contribution < 1.29 is 19.0 Å². The molecule has 1 aliphatic carbocycles. The summed E-state index contributed by atoms with van der Waals surface area (Å²) in [6.07, 6.45) is 3.53. The molecule has 2 unspecified atom stereocenters. The molecule has 138 valence electrons. The van der Waals surface area contributed by atoms with Gasteiger partial charge in [-0.3, -0.25) is 5.41 Å². The quantitative estimate of drug-likeness (QED) is 0.151. The van der Waals surface area contributed by atoms with Gasteiger partial charge in [0, 0.05) is 11.8 Å². The maximum atomic E-state index is 12.6. The van der Waals surface area contributed by atoms with Gasteiger partial charge in [-0.1, -0.05) is 29.0 Å². The number of halogens is 2. The first kappa shape index (κ1) is 20.5. The Bertz CT molecular complexity index is 613. The molecule has 9 heteroatoms. The van der Waals surface area contributed by atoms with Gasteiger partial charge in [0.15, 0.2) is 5.96 Å². The largest absolute Gasteiger partial charge is 0.482 e. The van der Waals surface area contributed by atoms with Crippen molar-refractivity contribution in [2.45, 2.75) is 37.9 Å². The molecule has 25 heavy (non-hydrogen) atoms. The van der Waals surface area contributed by atoms with Crippen molar-refractivity contribution in [2.24, 2.45) is 5.73 Å². The number of esters is 1. The Kier molecular flexibility index (Phi) is 8.49. The molecule has 0 spiro atoms. The summed E-state index contributed by atoms with van der Waals surface area (Å²) in [7, 11) is 0. The first-order valence-electron chi connectivity index (χ1n) is 7.87. The lowest BCUT2D eigenvalue weighted by Crippen LogP contribution is -2.36. The molecule has 1 fully saturated rings. The number of ether oxygens (including phenoxy) is 3. The Hall–Kier alpha value is -0.820. The molecule has 0 saturated heterocycles. The molecule has 4 N–H and O–H groups in total. The van der Waals surface area contributed by atoms with Gasteiger partial charge in [-0.2, -0.15) is 0 Å². The van der Waals surface area contributed by atoms with E-state index in [2.05, 4.69) is 50.5 Å². The van der Waals surface area contributed by atoms with Gasteiger partial charge in [0.2, 0.25) is 0 Å². The zero-order valence-electron chi connectivity index (χ0n) is 13.6. The summed E-state index contributed by atoms with van der Waals surface area (Å²) in [5.41, 5.74) is 6.27. The van der Waals surface area contributed by atoms with E-state index >= 15 is 0 Å². The van der Waals surface area contributed by atoms with Crippen LogP contribution in [-0.2, 0) is 9.47 Å². The van der Waals surface area contributed by atoms with Gasteiger partial charge in [-0.25, -0.2) is 4.79 Å². The van der Waals surface area contributed by atoms with Crippen LogP contribution in [0.5, 0.6) is 5.75 Å². The van der Waals surface area contributed by atoms with Gasteiger partial charge < -0.3 is 25.3 Å². The molecule has 1 saturated carbocycles. The van der Waals surface area contributed by atoms with Crippen LogP contribution in [0.1, 0.15) is 36.0 Å². The molecule has 0 aliphatic heterocycles. The lowest BCUT2D eigenvalue weighted by molar-refractivity contribution is -0.0560. The number of carbonyl (C=O) groups is 1. The Balaban J connectivity index is 2.15. The third-order valence-electron chi connectivity index (χ3n) is 3.87. The van der Waals surface area contributed by atoms with Crippen molar-refractivity contribution in [3.63, 3.8) is 0 Å². The zero-order valence-corrected chi connectivity index (χ0v) is 17.9. The minimum atomic E-state index is -0.428. The molecule has 0 amide bonds. The van der Waals surface area contributed by atoms with Crippen LogP contribution in [0.25, 0.3) is 0 Å². The monoisotopic (exact) mass is 573 g/mol. The highest BCUT2D eigenvalue weighted by atomic mass is 127. The standard InChI is InChI=1S/C16H21I2N3O4/c17-8-23-12-3-1-2-4-13(12)25-15(22)11-6-5-10(21-16(19)20)7-14(11)24-9-18/h5-7,12-13H,1-4,8-9H2,(H4,19,20,21). The Morgan fingerprint density at radius 1 is 1.24 bits per heavy atom. The number of hydrogen-bond acceptors (Lipinski definition) is 5. The van der Waals surface area contributed by atoms with E-state index in [4.69, 9.17) is 25.4 Å². The van der Waals surface area contributed by atoms with Gasteiger partial charge in [-0.05, 0) is 54.0 Å². The number of nitrogens with two attached hydrogens (primary N) is 1. The Morgan fingerprint density at radius 2 is 1.96 bits per heavy atom. The van der Waals surface area contributed by atoms with Gasteiger partial charge in [0.05, 0.1) is 10.7 Å². The van der Waals surface area contributed by atoms with E-state index in [0.29, 0.717) is 26.2 Å². The maximum Gasteiger partial charge on any atom is 0.342 e. The lowest BCUT2D eigenvalue weighted by atomic mass is 9.94. The maximum absolute atomic E-state index is 12.6. The molecule has 0 heterocycles. The first-order chi connectivity index (χ1) is 12.0. The van der Waals surface area contributed by atoms with Crippen LogP contribution < -0.4 is 15.8 Å². The van der Waals surface area contributed by atoms with Crippen molar-refractivity contribution in [1.29, 1.82) is 5.41 Å². The van der Waals surface area contributed by atoms with E-state index in [1.54, 1.807) is 18.2 Å². The van der Waals surface area contributed by atoms with Crippen LogP contribution in [0.15, 0.2) is 18.2 Å². The van der Waals surface area contributed by atoms with Crippen LogP contribution in [-0.4, -0.2) is 33.4 Å². The summed E-state index contributed by atoms with van der Waals surface area (Å²) in [5, 5.41) is 9.97. The summed E-state index contributed by atoms with van der Waals surface area (Å²) < 4.78 is 17.9. The number of anilines is 1.